The largest absolute Gasteiger partial charge is 0.487 e. The highest BCUT2D eigenvalue weighted by atomic mass is 35.5. The summed E-state index contributed by atoms with van der Waals surface area (Å²) in [6, 6.07) is 15.9. The smallest absolute Gasteiger partial charge is 0.143 e. The Balaban J connectivity index is 1.77. The van der Waals surface area contributed by atoms with E-state index in [2.05, 4.69) is 31.3 Å². The quantitative estimate of drug-likeness (QED) is 0.481. The number of rotatable bonds is 6. The van der Waals surface area contributed by atoms with Crippen LogP contribution >= 0.6 is 23.2 Å². The number of nitrogens with one attached hydrogen (secondary N) is 1. The Morgan fingerprint density at radius 2 is 1.67 bits per heavy atom. The van der Waals surface area contributed by atoms with Gasteiger partial charge in [-0.25, -0.2) is 4.39 Å². The standard InChI is InChI=1S/C22H20Cl2FNO/c1-14-3-8-20(9-15(14)2)26-12-17-10-18(23)11-21(24)22(17)27-13-16-4-6-19(25)7-5-16/h3-11,26H,12-13H2,1-2H3. The first-order valence-electron chi connectivity index (χ1n) is 8.58. The first-order valence-corrected chi connectivity index (χ1v) is 9.34. The van der Waals surface area contributed by atoms with E-state index in [1.165, 1.54) is 23.3 Å². The van der Waals surface area contributed by atoms with E-state index in [9.17, 15) is 4.39 Å². The fourth-order valence-corrected chi connectivity index (χ4v) is 3.28. The van der Waals surface area contributed by atoms with Crippen molar-refractivity contribution in [2.45, 2.75) is 27.0 Å². The summed E-state index contributed by atoms with van der Waals surface area (Å²) in [7, 11) is 0. The molecule has 2 nitrogen and oxygen atoms in total. The Bertz CT molecular complexity index is 942. The second-order valence-electron chi connectivity index (χ2n) is 6.44. The molecule has 27 heavy (non-hydrogen) atoms. The number of ether oxygens (including phenoxy) is 1. The lowest BCUT2D eigenvalue weighted by Crippen LogP contribution is -2.05. The van der Waals surface area contributed by atoms with Crippen LogP contribution < -0.4 is 10.1 Å². The van der Waals surface area contributed by atoms with Gasteiger partial charge in [0.2, 0.25) is 0 Å². The maximum absolute atomic E-state index is 13.1. The van der Waals surface area contributed by atoms with Crippen LogP contribution in [0.4, 0.5) is 10.1 Å². The zero-order valence-electron chi connectivity index (χ0n) is 15.2. The molecule has 3 rings (SSSR count). The molecule has 3 aromatic rings. The van der Waals surface area contributed by atoms with E-state index in [1.54, 1.807) is 18.2 Å². The van der Waals surface area contributed by atoms with Gasteiger partial charge in [-0.2, -0.15) is 0 Å². The highest BCUT2D eigenvalue weighted by Crippen LogP contribution is 2.33. The molecule has 0 saturated heterocycles. The summed E-state index contributed by atoms with van der Waals surface area (Å²) in [5.41, 5.74) is 5.19. The van der Waals surface area contributed by atoms with Crippen molar-refractivity contribution < 1.29 is 9.13 Å². The van der Waals surface area contributed by atoms with Crippen molar-refractivity contribution in [1.82, 2.24) is 0 Å². The number of anilines is 1. The van der Waals surface area contributed by atoms with E-state index >= 15 is 0 Å². The molecule has 140 valence electrons. The summed E-state index contributed by atoms with van der Waals surface area (Å²) < 4.78 is 19.0. The van der Waals surface area contributed by atoms with Crippen molar-refractivity contribution in [3.63, 3.8) is 0 Å². The molecule has 1 N–H and O–H groups in total. The highest BCUT2D eigenvalue weighted by Gasteiger charge is 2.12. The predicted molar refractivity (Wildman–Crippen MR) is 110 cm³/mol. The van der Waals surface area contributed by atoms with Gasteiger partial charge >= 0.3 is 0 Å². The first kappa shape index (κ1) is 19.5. The molecule has 0 radical (unpaired) electrons. The summed E-state index contributed by atoms with van der Waals surface area (Å²) in [5, 5.41) is 4.38. The molecule has 5 heteroatoms. The zero-order valence-corrected chi connectivity index (χ0v) is 16.7. The zero-order chi connectivity index (χ0) is 19.4. The van der Waals surface area contributed by atoms with E-state index in [0.717, 1.165) is 16.8 Å². The van der Waals surface area contributed by atoms with E-state index in [1.807, 2.05) is 12.1 Å². The van der Waals surface area contributed by atoms with Crippen molar-refractivity contribution in [2.75, 3.05) is 5.32 Å². The summed E-state index contributed by atoms with van der Waals surface area (Å²) in [6.45, 7) is 4.96. The van der Waals surface area contributed by atoms with Gasteiger partial charge in [0.05, 0.1) is 5.02 Å². The van der Waals surface area contributed by atoms with Crippen LogP contribution in [-0.4, -0.2) is 0 Å². The second-order valence-corrected chi connectivity index (χ2v) is 7.29. The van der Waals surface area contributed by atoms with Gasteiger partial charge in [-0.3, -0.25) is 0 Å². The van der Waals surface area contributed by atoms with Gasteiger partial charge in [-0.1, -0.05) is 41.4 Å². The van der Waals surface area contributed by atoms with Gasteiger partial charge in [0.1, 0.15) is 18.2 Å². The van der Waals surface area contributed by atoms with Crippen LogP contribution in [0.3, 0.4) is 0 Å². The minimum atomic E-state index is -0.276. The summed E-state index contributed by atoms with van der Waals surface area (Å²) in [4.78, 5) is 0. The molecular weight excluding hydrogens is 384 g/mol. The fourth-order valence-electron chi connectivity index (χ4n) is 2.69. The molecule has 3 aromatic carbocycles. The molecule has 0 fully saturated rings. The lowest BCUT2D eigenvalue weighted by Gasteiger charge is -2.16. The van der Waals surface area contributed by atoms with E-state index in [4.69, 9.17) is 27.9 Å². The maximum Gasteiger partial charge on any atom is 0.143 e. The van der Waals surface area contributed by atoms with E-state index in [-0.39, 0.29) is 12.4 Å². The Morgan fingerprint density at radius 1 is 0.926 bits per heavy atom. The minimum Gasteiger partial charge on any atom is -0.487 e. The third-order valence-electron chi connectivity index (χ3n) is 4.37. The molecule has 0 amide bonds. The van der Waals surface area contributed by atoms with Crippen molar-refractivity contribution >= 4 is 28.9 Å². The number of aryl methyl sites for hydroxylation is 2. The Hall–Kier alpha value is -2.23. The fraction of sp³-hybridized carbons (Fsp3) is 0.182. The molecule has 0 heterocycles. The molecule has 0 aliphatic rings. The van der Waals surface area contributed by atoms with Gasteiger partial charge < -0.3 is 10.1 Å². The van der Waals surface area contributed by atoms with E-state index in [0.29, 0.717) is 22.3 Å². The summed E-state index contributed by atoms with van der Waals surface area (Å²) in [5.74, 6) is 0.295. The molecule has 0 aromatic heterocycles. The van der Waals surface area contributed by atoms with Crippen LogP contribution in [-0.2, 0) is 13.2 Å². The van der Waals surface area contributed by atoms with Crippen molar-refractivity contribution in [2.24, 2.45) is 0 Å². The van der Waals surface area contributed by atoms with Gasteiger partial charge in [-0.15, -0.1) is 0 Å². The maximum atomic E-state index is 13.1. The second kappa shape index (κ2) is 8.64. The molecule has 0 spiro atoms. The van der Waals surface area contributed by atoms with Gasteiger partial charge in [0.15, 0.2) is 0 Å². The molecule has 0 aliphatic heterocycles. The van der Waals surface area contributed by atoms with Crippen LogP contribution in [0.15, 0.2) is 54.6 Å². The van der Waals surface area contributed by atoms with Crippen LogP contribution in [0.2, 0.25) is 10.0 Å². The number of hydrogen-bond acceptors (Lipinski definition) is 2. The van der Waals surface area contributed by atoms with Crippen molar-refractivity contribution in [3.8, 4) is 5.75 Å². The average molecular weight is 404 g/mol. The van der Waals surface area contributed by atoms with Crippen molar-refractivity contribution in [1.29, 1.82) is 0 Å². The van der Waals surface area contributed by atoms with Crippen molar-refractivity contribution in [3.05, 3.63) is 92.7 Å². The van der Waals surface area contributed by atoms with Gasteiger partial charge in [0.25, 0.3) is 0 Å². The van der Waals surface area contributed by atoms with Crippen LogP contribution in [0.25, 0.3) is 0 Å². The molecular formula is C22H20Cl2FNO. The molecule has 0 bridgehead atoms. The third-order valence-corrected chi connectivity index (χ3v) is 4.87. The molecule has 0 atom stereocenters. The summed E-state index contributed by atoms with van der Waals surface area (Å²) >= 11 is 12.5. The lowest BCUT2D eigenvalue weighted by molar-refractivity contribution is 0.303. The Labute approximate surface area is 168 Å². The molecule has 0 aliphatic carbocycles. The lowest BCUT2D eigenvalue weighted by atomic mass is 10.1. The minimum absolute atomic E-state index is 0.276. The van der Waals surface area contributed by atoms with Crippen LogP contribution in [0, 0.1) is 19.7 Å². The topological polar surface area (TPSA) is 21.3 Å². The SMILES string of the molecule is Cc1ccc(NCc2cc(Cl)cc(Cl)c2OCc2ccc(F)cc2)cc1C. The molecule has 0 saturated carbocycles. The normalized spacial score (nSPS) is 10.7. The summed E-state index contributed by atoms with van der Waals surface area (Å²) in [6.07, 6.45) is 0. The Morgan fingerprint density at radius 3 is 2.37 bits per heavy atom. The monoisotopic (exact) mass is 403 g/mol. The average Bonchev–Trinajstić information content (AvgIpc) is 2.63. The van der Waals surface area contributed by atoms with Gasteiger partial charge in [0, 0.05) is 22.8 Å². The number of halogens is 3. The Kier molecular flexibility index (Phi) is 6.25. The van der Waals surface area contributed by atoms with Crippen LogP contribution in [0.1, 0.15) is 22.3 Å². The van der Waals surface area contributed by atoms with E-state index < -0.39 is 0 Å². The number of hydrogen-bond donors (Lipinski definition) is 1. The first-order chi connectivity index (χ1) is 12.9. The third kappa shape index (κ3) is 5.15. The predicted octanol–water partition coefficient (Wildman–Crippen LogP) is 6.94. The highest BCUT2D eigenvalue weighted by molar-refractivity contribution is 6.35. The van der Waals surface area contributed by atoms with Crippen LogP contribution in [0.5, 0.6) is 5.75 Å². The molecule has 0 unspecified atom stereocenters. The van der Waals surface area contributed by atoms with Gasteiger partial charge in [-0.05, 0) is 66.9 Å². The number of benzene rings is 3.